The summed E-state index contributed by atoms with van der Waals surface area (Å²) in [7, 11) is 0. The molecule has 0 heterocycles. The summed E-state index contributed by atoms with van der Waals surface area (Å²) in [4.78, 5) is 0. The monoisotopic (exact) mass is 316 g/mol. The first kappa shape index (κ1) is 15.2. The van der Waals surface area contributed by atoms with Gasteiger partial charge in [0.15, 0.2) is 0 Å². The van der Waals surface area contributed by atoms with E-state index < -0.39 is 11.6 Å². The van der Waals surface area contributed by atoms with Crippen LogP contribution in [0.15, 0.2) is 36.4 Å². The van der Waals surface area contributed by atoms with Gasteiger partial charge >= 0.3 is 0 Å². The fourth-order valence-electron chi connectivity index (χ4n) is 1.95. The van der Waals surface area contributed by atoms with Crippen molar-refractivity contribution in [2.45, 2.75) is 12.5 Å². The Morgan fingerprint density at radius 1 is 1.05 bits per heavy atom. The molecule has 0 aliphatic rings. The normalized spacial score (nSPS) is 12.4. The molecule has 3 N–H and O–H groups in total. The lowest BCUT2D eigenvalue weighted by molar-refractivity contribution is 0.548. The molecule has 2 aromatic carbocycles. The van der Waals surface area contributed by atoms with E-state index in [0.29, 0.717) is 12.0 Å². The van der Waals surface area contributed by atoms with E-state index >= 15 is 0 Å². The zero-order valence-corrected chi connectivity index (χ0v) is 11.8. The highest BCUT2D eigenvalue weighted by atomic mass is 35.5. The number of halogens is 4. The average molecular weight is 317 g/mol. The van der Waals surface area contributed by atoms with Gasteiger partial charge in [-0.2, -0.15) is 0 Å². The van der Waals surface area contributed by atoms with Crippen molar-refractivity contribution >= 4 is 23.2 Å². The maximum Gasteiger partial charge on any atom is 0.141 e. The van der Waals surface area contributed by atoms with Crippen LogP contribution >= 0.6 is 23.2 Å². The average Bonchev–Trinajstić information content (AvgIpc) is 2.41. The van der Waals surface area contributed by atoms with Gasteiger partial charge in [0, 0.05) is 5.02 Å². The second kappa shape index (κ2) is 6.50. The first-order valence-corrected chi connectivity index (χ1v) is 6.62. The molecule has 2 rings (SSSR count). The molecule has 0 amide bonds. The molecule has 2 aromatic rings. The lowest BCUT2D eigenvalue weighted by Gasteiger charge is -2.18. The highest BCUT2D eigenvalue weighted by Gasteiger charge is 2.15. The second-order valence-electron chi connectivity index (χ2n) is 4.34. The van der Waals surface area contributed by atoms with Crippen molar-refractivity contribution < 1.29 is 8.78 Å². The third-order valence-electron chi connectivity index (χ3n) is 2.96. The van der Waals surface area contributed by atoms with Gasteiger partial charge in [-0.25, -0.2) is 8.78 Å². The summed E-state index contributed by atoms with van der Waals surface area (Å²) in [5, 5.41) is 0.324. The van der Waals surface area contributed by atoms with Gasteiger partial charge in [-0.1, -0.05) is 35.3 Å². The molecule has 0 aliphatic carbocycles. The molecule has 0 saturated carbocycles. The lowest BCUT2D eigenvalue weighted by atomic mass is 9.99. The highest BCUT2D eigenvalue weighted by Crippen LogP contribution is 2.27. The quantitative estimate of drug-likeness (QED) is 0.660. The van der Waals surface area contributed by atoms with Crippen LogP contribution in [0.4, 0.5) is 8.78 Å². The Bertz CT molecular complexity index is 620. The number of hydrazine groups is 1. The van der Waals surface area contributed by atoms with Crippen molar-refractivity contribution in [2.24, 2.45) is 5.84 Å². The third kappa shape index (κ3) is 3.46. The zero-order valence-electron chi connectivity index (χ0n) is 10.3. The van der Waals surface area contributed by atoms with Crippen LogP contribution in [0.5, 0.6) is 0 Å². The topological polar surface area (TPSA) is 38.0 Å². The van der Waals surface area contributed by atoms with Crippen molar-refractivity contribution in [2.75, 3.05) is 0 Å². The van der Waals surface area contributed by atoms with Crippen molar-refractivity contribution in [3.8, 4) is 0 Å². The Morgan fingerprint density at radius 3 is 2.40 bits per heavy atom. The van der Waals surface area contributed by atoms with Gasteiger partial charge in [-0.05, 0) is 41.8 Å². The van der Waals surface area contributed by atoms with E-state index in [9.17, 15) is 8.78 Å². The van der Waals surface area contributed by atoms with Gasteiger partial charge in [0.1, 0.15) is 11.6 Å². The Morgan fingerprint density at radius 2 is 1.80 bits per heavy atom. The third-order valence-corrected chi connectivity index (χ3v) is 3.58. The standard InChI is InChI=1S/C14H12Cl2F2N2/c15-11-7-9(17)2-3-10(11)14(20-19)6-8-1-4-13(18)12(16)5-8/h1-5,7,14,20H,6,19H2. The SMILES string of the molecule is NNC(Cc1ccc(F)c(Cl)c1)c1ccc(F)cc1Cl. The summed E-state index contributed by atoms with van der Waals surface area (Å²) in [5.41, 5.74) is 4.07. The van der Waals surface area contributed by atoms with E-state index in [-0.39, 0.29) is 16.1 Å². The maximum atomic E-state index is 13.1. The van der Waals surface area contributed by atoms with E-state index in [2.05, 4.69) is 5.43 Å². The van der Waals surface area contributed by atoms with E-state index in [0.717, 1.165) is 5.56 Å². The molecule has 0 saturated heterocycles. The van der Waals surface area contributed by atoms with Gasteiger partial charge in [0.2, 0.25) is 0 Å². The highest BCUT2D eigenvalue weighted by molar-refractivity contribution is 6.31. The molecule has 1 unspecified atom stereocenters. The summed E-state index contributed by atoms with van der Waals surface area (Å²) in [6.45, 7) is 0. The molecule has 106 valence electrons. The van der Waals surface area contributed by atoms with Crippen LogP contribution in [0.25, 0.3) is 0 Å². The Labute approximate surface area is 125 Å². The molecule has 0 fully saturated rings. The fraction of sp³-hybridized carbons (Fsp3) is 0.143. The predicted octanol–water partition coefficient (Wildman–Crippen LogP) is 4.02. The molecule has 20 heavy (non-hydrogen) atoms. The molecule has 1 atom stereocenters. The van der Waals surface area contributed by atoms with Crippen molar-refractivity contribution in [1.82, 2.24) is 5.43 Å². The number of hydrogen-bond acceptors (Lipinski definition) is 2. The van der Waals surface area contributed by atoms with Gasteiger partial charge in [0.25, 0.3) is 0 Å². The number of benzene rings is 2. The summed E-state index contributed by atoms with van der Waals surface area (Å²) < 4.78 is 26.2. The van der Waals surface area contributed by atoms with Crippen molar-refractivity contribution in [3.05, 3.63) is 69.2 Å². The molecule has 0 bridgehead atoms. The van der Waals surface area contributed by atoms with E-state index in [4.69, 9.17) is 29.0 Å². The molecule has 0 aliphatic heterocycles. The Hall–Kier alpha value is -1.20. The Balaban J connectivity index is 2.26. The van der Waals surface area contributed by atoms with Crippen LogP contribution in [-0.2, 0) is 6.42 Å². The second-order valence-corrected chi connectivity index (χ2v) is 5.15. The smallest absolute Gasteiger partial charge is 0.141 e. The molecule has 0 spiro atoms. The van der Waals surface area contributed by atoms with Crippen LogP contribution in [0.3, 0.4) is 0 Å². The summed E-state index contributed by atoms with van der Waals surface area (Å²) >= 11 is 11.7. The first-order valence-electron chi connectivity index (χ1n) is 5.86. The van der Waals surface area contributed by atoms with Crippen LogP contribution in [0.1, 0.15) is 17.2 Å². The van der Waals surface area contributed by atoms with Crippen LogP contribution in [-0.4, -0.2) is 0 Å². The predicted molar refractivity (Wildman–Crippen MR) is 76.6 cm³/mol. The van der Waals surface area contributed by atoms with Crippen LogP contribution < -0.4 is 11.3 Å². The van der Waals surface area contributed by atoms with E-state index in [1.807, 2.05) is 0 Å². The molecular formula is C14H12Cl2F2N2. The van der Waals surface area contributed by atoms with Crippen LogP contribution in [0.2, 0.25) is 10.0 Å². The minimum atomic E-state index is -0.479. The molecular weight excluding hydrogens is 305 g/mol. The van der Waals surface area contributed by atoms with Crippen molar-refractivity contribution in [3.63, 3.8) is 0 Å². The van der Waals surface area contributed by atoms with Gasteiger partial charge < -0.3 is 0 Å². The first-order chi connectivity index (χ1) is 9.51. The van der Waals surface area contributed by atoms with Crippen LogP contribution in [0, 0.1) is 11.6 Å². The number of hydrogen-bond donors (Lipinski definition) is 2. The minimum absolute atomic E-state index is 0.0449. The number of nitrogens with one attached hydrogen (secondary N) is 1. The minimum Gasteiger partial charge on any atom is -0.271 e. The number of nitrogens with two attached hydrogens (primary N) is 1. The maximum absolute atomic E-state index is 13.1. The van der Waals surface area contributed by atoms with Crippen molar-refractivity contribution in [1.29, 1.82) is 0 Å². The van der Waals surface area contributed by atoms with Gasteiger partial charge in [0.05, 0.1) is 11.1 Å². The largest absolute Gasteiger partial charge is 0.271 e. The lowest BCUT2D eigenvalue weighted by Crippen LogP contribution is -2.29. The molecule has 0 radical (unpaired) electrons. The fourth-order valence-corrected chi connectivity index (χ4v) is 2.45. The molecule has 6 heteroatoms. The zero-order chi connectivity index (χ0) is 14.7. The van der Waals surface area contributed by atoms with Gasteiger partial charge in [-0.3, -0.25) is 11.3 Å². The number of rotatable bonds is 4. The van der Waals surface area contributed by atoms with Gasteiger partial charge in [-0.15, -0.1) is 0 Å². The summed E-state index contributed by atoms with van der Waals surface area (Å²) in [5.74, 6) is 4.62. The van der Waals surface area contributed by atoms with E-state index in [1.165, 1.54) is 24.3 Å². The van der Waals surface area contributed by atoms with E-state index in [1.54, 1.807) is 12.1 Å². The molecule has 2 nitrogen and oxygen atoms in total. The summed E-state index contributed by atoms with van der Waals surface area (Å²) in [6.07, 6.45) is 0.446. The molecule has 0 aromatic heterocycles. The summed E-state index contributed by atoms with van der Waals surface area (Å²) in [6, 6.07) is 8.19. The Kier molecular flexibility index (Phi) is 4.94.